The van der Waals surface area contributed by atoms with E-state index in [2.05, 4.69) is 10.3 Å². The van der Waals surface area contributed by atoms with Crippen LogP contribution in [0.2, 0.25) is 0 Å². The monoisotopic (exact) mass is 162 g/mol. The van der Waals surface area contributed by atoms with Crippen LogP contribution in [-0.4, -0.2) is 17.4 Å². The molecule has 0 aromatic carbocycles. The Bertz CT molecular complexity index is 246. The maximum Gasteiger partial charge on any atom is 0.224 e. The van der Waals surface area contributed by atoms with Gasteiger partial charge in [-0.15, -0.1) is 0 Å². The highest BCUT2D eigenvalue weighted by Gasteiger charge is 1.92. The fourth-order valence-corrected chi connectivity index (χ4v) is 0.879. The van der Waals surface area contributed by atoms with Gasteiger partial charge < -0.3 is 5.32 Å². The zero-order valence-corrected chi connectivity index (χ0v) is 6.66. The van der Waals surface area contributed by atoms with Gasteiger partial charge >= 0.3 is 0 Å². The SMILES string of the molecule is [CH]C(=O)NCCc1ccncc1. The standard InChI is InChI=1S/C9H10N2O/c1-8(12)11-7-4-9-2-5-10-6-3-9/h1-3,5-6H,4,7H2,(H,11,12). The summed E-state index contributed by atoms with van der Waals surface area (Å²) in [6.45, 7) is 5.46. The molecule has 3 heteroatoms. The molecule has 3 nitrogen and oxygen atoms in total. The zero-order chi connectivity index (χ0) is 8.81. The summed E-state index contributed by atoms with van der Waals surface area (Å²) in [7, 11) is 0. The van der Waals surface area contributed by atoms with Gasteiger partial charge in [0.15, 0.2) is 0 Å². The number of nitrogens with one attached hydrogen (secondary N) is 1. The van der Waals surface area contributed by atoms with Gasteiger partial charge in [-0.3, -0.25) is 9.78 Å². The molecular weight excluding hydrogens is 152 g/mol. The van der Waals surface area contributed by atoms with Gasteiger partial charge in [-0.25, -0.2) is 0 Å². The normalized spacial score (nSPS) is 9.42. The van der Waals surface area contributed by atoms with Crippen molar-refractivity contribution >= 4 is 5.91 Å². The summed E-state index contributed by atoms with van der Waals surface area (Å²) in [4.78, 5) is 14.2. The van der Waals surface area contributed by atoms with Crippen molar-refractivity contribution in [3.8, 4) is 0 Å². The van der Waals surface area contributed by atoms with E-state index in [1.54, 1.807) is 12.4 Å². The molecule has 12 heavy (non-hydrogen) atoms. The minimum absolute atomic E-state index is 0.482. The molecule has 1 aromatic rings. The summed E-state index contributed by atoms with van der Waals surface area (Å²) in [5.41, 5.74) is 1.14. The highest BCUT2D eigenvalue weighted by Crippen LogP contribution is 1.95. The predicted octanol–water partition coefficient (Wildman–Crippen LogP) is 0.451. The lowest BCUT2D eigenvalue weighted by atomic mass is 10.2. The molecule has 0 saturated carbocycles. The third-order valence-corrected chi connectivity index (χ3v) is 1.46. The van der Waals surface area contributed by atoms with Gasteiger partial charge in [-0.1, -0.05) is 0 Å². The molecule has 0 aliphatic heterocycles. The van der Waals surface area contributed by atoms with E-state index in [9.17, 15) is 4.79 Å². The molecule has 0 fully saturated rings. The average molecular weight is 162 g/mol. The lowest BCUT2D eigenvalue weighted by Gasteiger charge is -2.00. The number of aromatic nitrogens is 1. The van der Waals surface area contributed by atoms with Crippen LogP contribution in [-0.2, 0) is 11.2 Å². The van der Waals surface area contributed by atoms with Crippen LogP contribution in [0.4, 0.5) is 0 Å². The number of hydrogen-bond acceptors (Lipinski definition) is 2. The van der Waals surface area contributed by atoms with Gasteiger partial charge in [0.1, 0.15) is 0 Å². The Morgan fingerprint density at radius 3 is 2.75 bits per heavy atom. The van der Waals surface area contributed by atoms with Crippen LogP contribution in [0.15, 0.2) is 24.5 Å². The minimum Gasteiger partial charge on any atom is -0.355 e. The summed E-state index contributed by atoms with van der Waals surface area (Å²) in [6, 6.07) is 3.81. The van der Waals surface area contributed by atoms with Crippen LogP contribution in [0, 0.1) is 6.92 Å². The van der Waals surface area contributed by atoms with Crippen LogP contribution >= 0.6 is 0 Å². The first-order chi connectivity index (χ1) is 5.79. The van der Waals surface area contributed by atoms with E-state index in [1.807, 2.05) is 12.1 Å². The Kier molecular flexibility index (Phi) is 3.26. The van der Waals surface area contributed by atoms with Crippen molar-refractivity contribution in [2.75, 3.05) is 6.54 Å². The molecule has 2 radical (unpaired) electrons. The van der Waals surface area contributed by atoms with Gasteiger partial charge in [0.05, 0.1) is 6.92 Å². The predicted molar refractivity (Wildman–Crippen MR) is 45.3 cm³/mol. The molecular formula is C9H10N2O. The second kappa shape index (κ2) is 4.49. The molecule has 1 N–H and O–H groups in total. The number of pyridine rings is 1. The Hall–Kier alpha value is -1.38. The van der Waals surface area contributed by atoms with Crippen molar-refractivity contribution < 1.29 is 4.79 Å². The molecule has 0 aliphatic rings. The molecule has 0 spiro atoms. The third-order valence-electron chi connectivity index (χ3n) is 1.46. The molecule has 62 valence electrons. The van der Waals surface area contributed by atoms with Crippen LogP contribution in [0.5, 0.6) is 0 Å². The first-order valence-electron chi connectivity index (χ1n) is 3.71. The number of rotatable bonds is 3. The number of amides is 1. The quantitative estimate of drug-likeness (QED) is 0.701. The van der Waals surface area contributed by atoms with E-state index in [0.29, 0.717) is 6.54 Å². The van der Waals surface area contributed by atoms with Crippen LogP contribution in [0.25, 0.3) is 0 Å². The molecule has 0 saturated heterocycles. The molecule has 0 aliphatic carbocycles. The topological polar surface area (TPSA) is 42.0 Å². The highest BCUT2D eigenvalue weighted by molar-refractivity contribution is 5.79. The summed E-state index contributed by atoms with van der Waals surface area (Å²) in [5.74, 6) is -0.482. The van der Waals surface area contributed by atoms with Gasteiger partial charge in [0, 0.05) is 18.9 Å². The number of hydrogen-bond donors (Lipinski definition) is 1. The first-order valence-corrected chi connectivity index (χ1v) is 3.71. The Balaban J connectivity index is 2.29. The summed E-state index contributed by atoms with van der Waals surface area (Å²) < 4.78 is 0. The fourth-order valence-electron chi connectivity index (χ4n) is 0.879. The molecule has 0 unspecified atom stereocenters. The minimum atomic E-state index is -0.482. The van der Waals surface area contributed by atoms with E-state index in [4.69, 9.17) is 6.92 Å². The number of carbonyl (C=O) groups excluding carboxylic acids is 1. The summed E-state index contributed by atoms with van der Waals surface area (Å²) in [5, 5.41) is 2.51. The summed E-state index contributed by atoms with van der Waals surface area (Å²) >= 11 is 0. The van der Waals surface area contributed by atoms with E-state index < -0.39 is 5.91 Å². The Labute approximate surface area is 71.8 Å². The van der Waals surface area contributed by atoms with E-state index in [0.717, 1.165) is 12.0 Å². The zero-order valence-electron chi connectivity index (χ0n) is 6.66. The Morgan fingerprint density at radius 1 is 1.50 bits per heavy atom. The smallest absolute Gasteiger partial charge is 0.224 e. The van der Waals surface area contributed by atoms with Crippen molar-refractivity contribution in [3.05, 3.63) is 37.0 Å². The summed E-state index contributed by atoms with van der Waals surface area (Å²) in [6.07, 6.45) is 4.23. The van der Waals surface area contributed by atoms with Gasteiger partial charge in [0.2, 0.25) is 5.91 Å². The van der Waals surface area contributed by atoms with Crippen LogP contribution < -0.4 is 5.32 Å². The highest BCUT2D eigenvalue weighted by atomic mass is 16.1. The van der Waals surface area contributed by atoms with E-state index in [-0.39, 0.29) is 0 Å². The van der Waals surface area contributed by atoms with Crippen molar-refractivity contribution in [2.45, 2.75) is 6.42 Å². The lowest BCUT2D eigenvalue weighted by Crippen LogP contribution is -2.22. The van der Waals surface area contributed by atoms with Crippen molar-refractivity contribution in [1.29, 1.82) is 0 Å². The van der Waals surface area contributed by atoms with Crippen molar-refractivity contribution in [2.24, 2.45) is 0 Å². The van der Waals surface area contributed by atoms with Gasteiger partial charge in [-0.2, -0.15) is 0 Å². The van der Waals surface area contributed by atoms with E-state index >= 15 is 0 Å². The number of nitrogens with zero attached hydrogens (tertiary/aromatic N) is 1. The van der Waals surface area contributed by atoms with Crippen molar-refractivity contribution in [3.63, 3.8) is 0 Å². The first kappa shape index (κ1) is 8.71. The molecule has 0 bridgehead atoms. The fraction of sp³-hybridized carbons (Fsp3) is 0.222. The molecule has 1 heterocycles. The maximum atomic E-state index is 10.3. The molecule has 0 atom stereocenters. The van der Waals surface area contributed by atoms with Crippen LogP contribution in [0.1, 0.15) is 5.56 Å². The second-order valence-corrected chi connectivity index (χ2v) is 2.40. The maximum absolute atomic E-state index is 10.3. The van der Waals surface area contributed by atoms with E-state index in [1.165, 1.54) is 0 Å². The molecule has 1 rings (SSSR count). The molecule has 1 amide bonds. The largest absolute Gasteiger partial charge is 0.355 e. The van der Waals surface area contributed by atoms with Crippen molar-refractivity contribution in [1.82, 2.24) is 10.3 Å². The lowest BCUT2D eigenvalue weighted by molar-refractivity contribution is -0.116. The molecule has 1 aromatic heterocycles. The van der Waals surface area contributed by atoms with Crippen LogP contribution in [0.3, 0.4) is 0 Å². The third kappa shape index (κ3) is 3.14. The second-order valence-electron chi connectivity index (χ2n) is 2.40. The average Bonchev–Trinajstić information content (AvgIpc) is 2.05. The Morgan fingerprint density at radius 2 is 2.17 bits per heavy atom. The number of carbonyl (C=O) groups is 1. The van der Waals surface area contributed by atoms with Gasteiger partial charge in [0.25, 0.3) is 0 Å². The van der Waals surface area contributed by atoms with Gasteiger partial charge in [-0.05, 0) is 24.1 Å².